The lowest BCUT2D eigenvalue weighted by Gasteiger charge is -2.04. The minimum absolute atomic E-state index is 0.00473. The summed E-state index contributed by atoms with van der Waals surface area (Å²) in [7, 11) is 0. The molecule has 0 N–H and O–H groups in total. The van der Waals surface area contributed by atoms with Crippen LogP contribution in [-0.2, 0) is 0 Å². The molecular formula is C14H12N4O5. The van der Waals surface area contributed by atoms with Crippen molar-refractivity contribution in [1.29, 1.82) is 0 Å². The lowest BCUT2D eigenvalue weighted by molar-refractivity contribution is -0.437. The van der Waals surface area contributed by atoms with Crippen molar-refractivity contribution in [3.05, 3.63) is 73.0 Å². The maximum absolute atomic E-state index is 12.2. The standard InChI is InChI=1S/C14H12N4O5/c1-9-3-5-11(17(20)21)7-13(9)15-16(19)14-8-12(18(22)23)6-4-10(14)2/h3-8H,1-2H3. The van der Waals surface area contributed by atoms with Crippen molar-refractivity contribution in [2.75, 3.05) is 0 Å². The SMILES string of the molecule is Cc1ccc([N+](=O)[O-])cc1N=[N+]([O-])c1cc([N+](=O)[O-])ccc1C. The Kier molecular flexibility index (Phi) is 4.30. The number of nitro groups is 2. The Hall–Kier alpha value is -3.36. The number of azo groups is 1. The van der Waals surface area contributed by atoms with E-state index in [1.165, 1.54) is 30.3 Å². The Labute approximate surface area is 130 Å². The van der Waals surface area contributed by atoms with Crippen molar-refractivity contribution >= 4 is 22.7 Å². The maximum atomic E-state index is 12.2. The second-order valence-electron chi connectivity index (χ2n) is 4.83. The van der Waals surface area contributed by atoms with E-state index < -0.39 is 9.85 Å². The number of nitrogens with zero attached hydrogens (tertiary/aromatic N) is 4. The molecule has 0 spiro atoms. The molecule has 0 heterocycles. The van der Waals surface area contributed by atoms with Crippen LogP contribution in [0.25, 0.3) is 0 Å². The van der Waals surface area contributed by atoms with Crippen LogP contribution in [0.3, 0.4) is 0 Å². The number of nitro benzene ring substituents is 2. The van der Waals surface area contributed by atoms with E-state index >= 15 is 0 Å². The van der Waals surface area contributed by atoms with E-state index in [1.54, 1.807) is 13.8 Å². The minimum atomic E-state index is -0.616. The predicted octanol–water partition coefficient (Wildman–Crippen LogP) is 4.05. The second-order valence-corrected chi connectivity index (χ2v) is 4.83. The van der Waals surface area contributed by atoms with E-state index in [4.69, 9.17) is 0 Å². The summed E-state index contributed by atoms with van der Waals surface area (Å²) in [5.41, 5.74) is 0.762. The van der Waals surface area contributed by atoms with Crippen LogP contribution in [0.2, 0.25) is 0 Å². The smallest absolute Gasteiger partial charge is 0.276 e. The summed E-state index contributed by atoms with van der Waals surface area (Å²) in [6.45, 7) is 3.26. The van der Waals surface area contributed by atoms with Crippen molar-refractivity contribution in [3.8, 4) is 0 Å². The number of rotatable bonds is 4. The molecule has 2 aromatic carbocycles. The van der Waals surface area contributed by atoms with Crippen LogP contribution < -0.4 is 0 Å². The van der Waals surface area contributed by atoms with Gasteiger partial charge < -0.3 is 5.21 Å². The van der Waals surface area contributed by atoms with Crippen LogP contribution in [0.4, 0.5) is 22.7 Å². The zero-order valence-electron chi connectivity index (χ0n) is 12.3. The van der Waals surface area contributed by atoms with Gasteiger partial charge in [0.1, 0.15) is 5.69 Å². The molecule has 0 saturated carbocycles. The first kappa shape index (κ1) is 16.0. The van der Waals surface area contributed by atoms with E-state index in [0.717, 1.165) is 6.07 Å². The summed E-state index contributed by atoms with van der Waals surface area (Å²) < 4.78 is 0. The Morgan fingerprint density at radius 1 is 0.826 bits per heavy atom. The number of benzene rings is 2. The molecule has 0 aliphatic rings. The fourth-order valence-electron chi connectivity index (χ4n) is 1.89. The Morgan fingerprint density at radius 3 is 1.91 bits per heavy atom. The van der Waals surface area contributed by atoms with E-state index in [-0.39, 0.29) is 27.6 Å². The van der Waals surface area contributed by atoms with Gasteiger partial charge in [0.15, 0.2) is 0 Å². The molecule has 9 nitrogen and oxygen atoms in total. The van der Waals surface area contributed by atoms with E-state index in [1.807, 2.05) is 0 Å². The molecule has 0 fully saturated rings. The summed E-state index contributed by atoms with van der Waals surface area (Å²) in [5.74, 6) is 0. The zero-order chi connectivity index (χ0) is 17.1. The van der Waals surface area contributed by atoms with Gasteiger partial charge in [-0.25, -0.2) is 0 Å². The molecular weight excluding hydrogens is 304 g/mol. The van der Waals surface area contributed by atoms with Crippen LogP contribution >= 0.6 is 0 Å². The summed E-state index contributed by atoms with van der Waals surface area (Å²) in [5, 5.41) is 37.6. The molecule has 0 saturated heterocycles. The van der Waals surface area contributed by atoms with Crippen molar-refractivity contribution in [2.24, 2.45) is 5.11 Å². The lowest BCUT2D eigenvalue weighted by atomic mass is 10.2. The zero-order valence-corrected chi connectivity index (χ0v) is 12.3. The van der Waals surface area contributed by atoms with Crippen LogP contribution in [-0.4, -0.2) is 14.7 Å². The van der Waals surface area contributed by atoms with Gasteiger partial charge in [0.05, 0.1) is 15.9 Å². The van der Waals surface area contributed by atoms with Crippen LogP contribution in [0.5, 0.6) is 0 Å². The summed E-state index contributed by atoms with van der Waals surface area (Å²) in [4.78, 5) is 20.6. The van der Waals surface area contributed by atoms with E-state index in [9.17, 15) is 25.4 Å². The third-order valence-corrected chi connectivity index (χ3v) is 3.21. The molecule has 0 aromatic heterocycles. The molecule has 9 heteroatoms. The summed E-state index contributed by atoms with van der Waals surface area (Å²) in [6, 6.07) is 7.79. The highest BCUT2D eigenvalue weighted by Gasteiger charge is 2.17. The minimum Gasteiger partial charge on any atom is -0.594 e. The molecule has 118 valence electrons. The lowest BCUT2D eigenvalue weighted by Crippen LogP contribution is -1.97. The quantitative estimate of drug-likeness (QED) is 0.364. The second kappa shape index (κ2) is 6.18. The Balaban J connectivity index is 2.52. The number of aryl methyl sites for hydroxylation is 2. The van der Waals surface area contributed by atoms with Crippen LogP contribution in [0.15, 0.2) is 41.5 Å². The molecule has 23 heavy (non-hydrogen) atoms. The average molecular weight is 316 g/mol. The van der Waals surface area contributed by atoms with Gasteiger partial charge in [-0.2, -0.15) is 0 Å². The van der Waals surface area contributed by atoms with Gasteiger partial charge in [-0.1, -0.05) is 6.07 Å². The van der Waals surface area contributed by atoms with Gasteiger partial charge in [-0.3, -0.25) is 20.2 Å². The van der Waals surface area contributed by atoms with Crippen LogP contribution in [0.1, 0.15) is 11.1 Å². The monoisotopic (exact) mass is 316 g/mol. The number of non-ortho nitro benzene ring substituents is 2. The Morgan fingerprint density at radius 2 is 1.35 bits per heavy atom. The molecule has 0 amide bonds. The fraction of sp³-hybridized carbons (Fsp3) is 0.143. The summed E-state index contributed by atoms with van der Waals surface area (Å²) >= 11 is 0. The van der Waals surface area contributed by atoms with Gasteiger partial charge >= 0.3 is 0 Å². The highest BCUT2D eigenvalue weighted by atomic mass is 16.6. The molecule has 0 unspecified atom stereocenters. The van der Waals surface area contributed by atoms with Crippen molar-refractivity contribution in [2.45, 2.75) is 13.8 Å². The van der Waals surface area contributed by atoms with Gasteiger partial charge in [-0.15, -0.1) is 0 Å². The van der Waals surface area contributed by atoms with E-state index in [2.05, 4.69) is 5.11 Å². The molecule has 0 bridgehead atoms. The summed E-state index contributed by atoms with van der Waals surface area (Å²) in [6.07, 6.45) is 0. The molecule has 0 radical (unpaired) electrons. The first-order valence-corrected chi connectivity index (χ1v) is 6.48. The topological polar surface area (TPSA) is 125 Å². The molecule has 0 atom stereocenters. The molecule has 0 aliphatic heterocycles. The van der Waals surface area contributed by atoms with Gasteiger partial charge in [-0.05, 0) is 30.3 Å². The van der Waals surface area contributed by atoms with Gasteiger partial charge in [0, 0.05) is 28.9 Å². The van der Waals surface area contributed by atoms with Crippen molar-refractivity contribution in [1.82, 2.24) is 0 Å². The molecule has 0 aliphatic carbocycles. The van der Waals surface area contributed by atoms with E-state index in [0.29, 0.717) is 11.1 Å². The van der Waals surface area contributed by atoms with Crippen molar-refractivity contribution in [3.63, 3.8) is 0 Å². The highest BCUT2D eigenvalue weighted by Crippen LogP contribution is 2.29. The third kappa shape index (κ3) is 3.46. The predicted molar refractivity (Wildman–Crippen MR) is 81.0 cm³/mol. The number of hydrogen-bond donors (Lipinski definition) is 0. The fourth-order valence-corrected chi connectivity index (χ4v) is 1.89. The average Bonchev–Trinajstić information content (AvgIpc) is 2.49. The number of hydrogen-bond acceptors (Lipinski definition) is 6. The normalized spacial score (nSPS) is 11.3. The first-order valence-electron chi connectivity index (χ1n) is 6.48. The largest absolute Gasteiger partial charge is 0.594 e. The maximum Gasteiger partial charge on any atom is 0.276 e. The molecule has 2 rings (SSSR count). The third-order valence-electron chi connectivity index (χ3n) is 3.21. The molecule has 2 aromatic rings. The first-order chi connectivity index (χ1) is 10.8. The highest BCUT2D eigenvalue weighted by molar-refractivity contribution is 5.52. The van der Waals surface area contributed by atoms with Crippen molar-refractivity contribution < 1.29 is 14.7 Å². The van der Waals surface area contributed by atoms with Gasteiger partial charge in [0.2, 0.25) is 0 Å². The van der Waals surface area contributed by atoms with Gasteiger partial charge in [0.25, 0.3) is 17.1 Å². The Bertz CT molecular complexity index is 832. The van der Waals surface area contributed by atoms with Crippen LogP contribution in [0, 0.1) is 39.3 Å².